The van der Waals surface area contributed by atoms with E-state index in [1.165, 1.54) is 11.1 Å². The normalized spacial score (nSPS) is 11.5. The highest BCUT2D eigenvalue weighted by molar-refractivity contribution is 5.81. The van der Waals surface area contributed by atoms with Gasteiger partial charge in [0.2, 0.25) is 0 Å². The summed E-state index contributed by atoms with van der Waals surface area (Å²) in [5.74, 6) is 1.80. The van der Waals surface area contributed by atoms with E-state index in [1.54, 1.807) is 14.2 Å². The molecular formula is C28H32O4. The fourth-order valence-corrected chi connectivity index (χ4v) is 3.70. The van der Waals surface area contributed by atoms with Crippen molar-refractivity contribution < 1.29 is 13.9 Å². The van der Waals surface area contributed by atoms with Crippen molar-refractivity contribution in [2.75, 3.05) is 14.2 Å². The molecule has 0 amide bonds. The molecule has 0 spiro atoms. The van der Waals surface area contributed by atoms with Crippen LogP contribution in [-0.4, -0.2) is 14.2 Å². The Morgan fingerprint density at radius 3 is 2.41 bits per heavy atom. The quantitative estimate of drug-likeness (QED) is 0.359. The summed E-state index contributed by atoms with van der Waals surface area (Å²) in [6, 6.07) is 11.3. The standard InChI is InChI=1S/C28H32O4/c1-18(2)8-7-9-19(3)10-14-23-27(29)22-13-11-20(4)16-25(22)32-28(23)21-12-15-24(30-5)26(17-21)31-6/h8,10-13,15-17H,7,9,14H2,1-6H3/b19-10-. The molecule has 3 aromatic rings. The van der Waals surface area contributed by atoms with Crippen molar-refractivity contribution in [2.24, 2.45) is 0 Å². The van der Waals surface area contributed by atoms with E-state index in [0.717, 1.165) is 24.0 Å². The molecule has 4 heteroatoms. The molecule has 4 nitrogen and oxygen atoms in total. The number of hydrogen-bond donors (Lipinski definition) is 0. The second-order valence-electron chi connectivity index (χ2n) is 8.38. The Morgan fingerprint density at radius 2 is 1.72 bits per heavy atom. The smallest absolute Gasteiger partial charge is 0.196 e. The minimum absolute atomic E-state index is 0.00406. The first-order chi connectivity index (χ1) is 15.3. The molecule has 32 heavy (non-hydrogen) atoms. The van der Waals surface area contributed by atoms with Crippen molar-refractivity contribution in [3.8, 4) is 22.8 Å². The highest BCUT2D eigenvalue weighted by atomic mass is 16.5. The summed E-state index contributed by atoms with van der Waals surface area (Å²) in [6.07, 6.45) is 6.85. The molecule has 0 atom stereocenters. The Balaban J connectivity index is 2.12. The molecule has 0 aliphatic heterocycles. The molecule has 0 saturated heterocycles. The molecule has 3 rings (SSSR count). The van der Waals surface area contributed by atoms with Crippen LogP contribution in [0.25, 0.3) is 22.3 Å². The van der Waals surface area contributed by atoms with Gasteiger partial charge in [0.1, 0.15) is 11.3 Å². The molecule has 0 fully saturated rings. The van der Waals surface area contributed by atoms with Gasteiger partial charge < -0.3 is 13.9 Å². The molecule has 0 unspecified atom stereocenters. The summed E-state index contributed by atoms with van der Waals surface area (Å²) in [5, 5.41) is 0.602. The molecule has 1 aromatic heterocycles. The van der Waals surface area contributed by atoms with Crippen molar-refractivity contribution in [2.45, 2.75) is 47.0 Å². The van der Waals surface area contributed by atoms with Crippen molar-refractivity contribution in [1.82, 2.24) is 0 Å². The summed E-state index contributed by atoms with van der Waals surface area (Å²) in [6.45, 7) is 8.32. The second kappa shape index (κ2) is 10.4. The van der Waals surface area contributed by atoms with Crippen LogP contribution in [0.2, 0.25) is 0 Å². The highest BCUT2D eigenvalue weighted by Crippen LogP contribution is 2.34. The predicted octanol–water partition coefficient (Wildman–Crippen LogP) is 7.02. The molecule has 0 aliphatic rings. The van der Waals surface area contributed by atoms with Gasteiger partial charge >= 0.3 is 0 Å². The van der Waals surface area contributed by atoms with E-state index < -0.39 is 0 Å². The van der Waals surface area contributed by atoms with Crippen LogP contribution in [0.4, 0.5) is 0 Å². The van der Waals surface area contributed by atoms with Gasteiger partial charge in [-0.3, -0.25) is 4.79 Å². The zero-order valence-electron chi connectivity index (χ0n) is 19.9. The van der Waals surface area contributed by atoms with Gasteiger partial charge in [0.15, 0.2) is 16.9 Å². The van der Waals surface area contributed by atoms with E-state index in [9.17, 15) is 4.79 Å². The molecular weight excluding hydrogens is 400 g/mol. The number of rotatable bonds is 8. The number of aryl methyl sites for hydroxylation is 1. The fraction of sp³-hybridized carbons (Fsp3) is 0.321. The maximum atomic E-state index is 13.5. The van der Waals surface area contributed by atoms with E-state index in [2.05, 4.69) is 32.9 Å². The lowest BCUT2D eigenvalue weighted by molar-refractivity contribution is 0.355. The average Bonchev–Trinajstić information content (AvgIpc) is 2.77. The number of hydrogen-bond acceptors (Lipinski definition) is 4. The Bertz CT molecular complexity index is 1220. The summed E-state index contributed by atoms with van der Waals surface area (Å²) in [5.41, 5.74) is 5.64. The van der Waals surface area contributed by atoms with Gasteiger partial charge in [-0.25, -0.2) is 0 Å². The summed E-state index contributed by atoms with van der Waals surface area (Å²) >= 11 is 0. The third kappa shape index (κ3) is 5.31. The van der Waals surface area contributed by atoms with Crippen LogP contribution < -0.4 is 14.9 Å². The monoisotopic (exact) mass is 432 g/mol. The SMILES string of the molecule is COc1ccc(-c2oc3cc(C)ccc3c(=O)c2C/C=C(/C)CCC=C(C)C)cc1OC. The first-order valence-electron chi connectivity index (χ1n) is 10.9. The van der Waals surface area contributed by atoms with Gasteiger partial charge in [-0.05, 0) is 82.9 Å². The lowest BCUT2D eigenvalue weighted by atomic mass is 9.99. The lowest BCUT2D eigenvalue weighted by Crippen LogP contribution is -2.11. The molecule has 2 aromatic carbocycles. The number of allylic oxidation sites excluding steroid dienone is 4. The zero-order valence-corrected chi connectivity index (χ0v) is 19.9. The molecule has 0 bridgehead atoms. The first kappa shape index (κ1) is 23.4. The van der Waals surface area contributed by atoms with E-state index in [0.29, 0.717) is 40.2 Å². The Morgan fingerprint density at radius 1 is 0.969 bits per heavy atom. The topological polar surface area (TPSA) is 48.7 Å². The number of ether oxygens (including phenoxy) is 2. The minimum atomic E-state index is 0.00406. The van der Waals surface area contributed by atoms with Crippen LogP contribution in [0.1, 0.15) is 44.7 Å². The molecule has 168 valence electrons. The Labute approximate surface area is 190 Å². The van der Waals surface area contributed by atoms with Gasteiger partial charge in [-0.15, -0.1) is 0 Å². The van der Waals surface area contributed by atoms with Gasteiger partial charge in [0.05, 0.1) is 19.6 Å². The minimum Gasteiger partial charge on any atom is -0.493 e. The van der Waals surface area contributed by atoms with E-state index in [4.69, 9.17) is 13.9 Å². The van der Waals surface area contributed by atoms with Crippen molar-refractivity contribution in [3.05, 3.63) is 81.0 Å². The van der Waals surface area contributed by atoms with Crippen LogP contribution in [-0.2, 0) is 6.42 Å². The van der Waals surface area contributed by atoms with Crippen LogP contribution in [0.15, 0.2) is 68.9 Å². The lowest BCUT2D eigenvalue weighted by Gasteiger charge is -2.13. The maximum Gasteiger partial charge on any atom is 0.196 e. The molecule has 0 saturated carbocycles. The van der Waals surface area contributed by atoms with E-state index in [1.807, 2.05) is 43.3 Å². The molecule has 0 radical (unpaired) electrons. The van der Waals surface area contributed by atoms with Gasteiger partial charge in [-0.1, -0.05) is 29.4 Å². The average molecular weight is 433 g/mol. The largest absolute Gasteiger partial charge is 0.493 e. The molecule has 0 aliphatic carbocycles. The fourth-order valence-electron chi connectivity index (χ4n) is 3.70. The highest BCUT2D eigenvalue weighted by Gasteiger charge is 2.17. The van der Waals surface area contributed by atoms with Crippen LogP contribution in [0, 0.1) is 6.92 Å². The third-order valence-corrected chi connectivity index (χ3v) is 5.53. The van der Waals surface area contributed by atoms with Crippen molar-refractivity contribution in [1.29, 1.82) is 0 Å². The van der Waals surface area contributed by atoms with Gasteiger partial charge in [0.25, 0.3) is 0 Å². The Kier molecular flexibility index (Phi) is 7.57. The number of fused-ring (bicyclic) bond motifs is 1. The van der Waals surface area contributed by atoms with Gasteiger partial charge in [0, 0.05) is 11.1 Å². The Hall–Kier alpha value is -3.27. The second-order valence-corrected chi connectivity index (χ2v) is 8.38. The van der Waals surface area contributed by atoms with Gasteiger partial charge in [-0.2, -0.15) is 0 Å². The predicted molar refractivity (Wildman–Crippen MR) is 132 cm³/mol. The summed E-state index contributed by atoms with van der Waals surface area (Å²) in [7, 11) is 3.20. The summed E-state index contributed by atoms with van der Waals surface area (Å²) in [4.78, 5) is 13.5. The maximum absolute atomic E-state index is 13.5. The van der Waals surface area contributed by atoms with E-state index >= 15 is 0 Å². The molecule has 1 heterocycles. The molecule has 0 N–H and O–H groups in total. The number of methoxy groups -OCH3 is 2. The summed E-state index contributed by atoms with van der Waals surface area (Å²) < 4.78 is 17.2. The van der Waals surface area contributed by atoms with Crippen LogP contribution in [0.5, 0.6) is 11.5 Å². The third-order valence-electron chi connectivity index (χ3n) is 5.53. The van der Waals surface area contributed by atoms with Crippen molar-refractivity contribution >= 4 is 11.0 Å². The van der Waals surface area contributed by atoms with Crippen LogP contribution >= 0.6 is 0 Å². The number of benzene rings is 2. The van der Waals surface area contributed by atoms with E-state index in [-0.39, 0.29) is 5.43 Å². The van der Waals surface area contributed by atoms with Crippen LogP contribution in [0.3, 0.4) is 0 Å². The zero-order chi connectivity index (χ0) is 23.3. The van der Waals surface area contributed by atoms with Crippen molar-refractivity contribution in [3.63, 3.8) is 0 Å². The first-order valence-corrected chi connectivity index (χ1v) is 10.9.